The van der Waals surface area contributed by atoms with Gasteiger partial charge in [0.05, 0.1) is 22.6 Å². The van der Waals surface area contributed by atoms with E-state index in [2.05, 4.69) is 29.2 Å². The predicted octanol–water partition coefficient (Wildman–Crippen LogP) is 3.59. The molecule has 4 N–H and O–H groups in total. The number of para-hydroxylation sites is 1. The second kappa shape index (κ2) is 6.73. The summed E-state index contributed by atoms with van der Waals surface area (Å²) < 4.78 is 0. The highest BCUT2D eigenvalue weighted by Gasteiger charge is 2.13. The second-order valence-electron chi connectivity index (χ2n) is 6.88. The number of nitrogens with two attached hydrogens (primary N) is 2. The lowest BCUT2D eigenvalue weighted by molar-refractivity contribution is 0.331. The summed E-state index contributed by atoms with van der Waals surface area (Å²) in [7, 11) is 0. The highest BCUT2D eigenvalue weighted by atomic mass is 15.1. The van der Waals surface area contributed by atoms with E-state index in [9.17, 15) is 0 Å². The van der Waals surface area contributed by atoms with Crippen molar-refractivity contribution in [3.8, 4) is 0 Å². The standard InChI is InChI=1S/C21H24N4/c22-20-17-5-1-2-6-18(17)24-19(21(20)23)13-15-7-9-16(10-8-15)14-25-11-3-4-12-25/h1-2,5-10H,3-4,11-14,23H2,(H2,22,24). The largest absolute Gasteiger partial charge is 0.396 e. The number of hydrogen-bond donors (Lipinski definition) is 2. The van der Waals surface area contributed by atoms with E-state index in [1.54, 1.807) is 0 Å². The molecule has 1 fully saturated rings. The Bertz CT molecular complexity index is 880. The van der Waals surface area contributed by atoms with Crippen molar-refractivity contribution in [1.29, 1.82) is 0 Å². The molecule has 25 heavy (non-hydrogen) atoms. The van der Waals surface area contributed by atoms with E-state index in [4.69, 9.17) is 16.5 Å². The number of hydrogen-bond acceptors (Lipinski definition) is 4. The lowest BCUT2D eigenvalue weighted by Gasteiger charge is -2.15. The Morgan fingerprint density at radius 2 is 1.52 bits per heavy atom. The first-order valence-corrected chi connectivity index (χ1v) is 8.93. The molecule has 1 aromatic heterocycles. The van der Waals surface area contributed by atoms with Gasteiger partial charge in [-0.2, -0.15) is 0 Å². The Labute approximate surface area is 148 Å². The summed E-state index contributed by atoms with van der Waals surface area (Å²) in [4.78, 5) is 7.24. The lowest BCUT2D eigenvalue weighted by atomic mass is 10.0. The molecule has 2 aromatic carbocycles. The molecule has 1 aliphatic heterocycles. The van der Waals surface area contributed by atoms with Crippen LogP contribution in [-0.4, -0.2) is 23.0 Å². The van der Waals surface area contributed by atoms with E-state index in [-0.39, 0.29) is 0 Å². The van der Waals surface area contributed by atoms with Crippen molar-refractivity contribution >= 4 is 22.3 Å². The van der Waals surface area contributed by atoms with Crippen LogP contribution in [0.15, 0.2) is 48.5 Å². The topological polar surface area (TPSA) is 68.2 Å². The van der Waals surface area contributed by atoms with Crippen LogP contribution in [-0.2, 0) is 13.0 Å². The molecule has 0 amide bonds. The zero-order valence-electron chi connectivity index (χ0n) is 14.4. The van der Waals surface area contributed by atoms with Gasteiger partial charge in [0, 0.05) is 18.4 Å². The van der Waals surface area contributed by atoms with Gasteiger partial charge in [-0.3, -0.25) is 9.88 Å². The highest BCUT2D eigenvalue weighted by Crippen LogP contribution is 2.29. The summed E-state index contributed by atoms with van der Waals surface area (Å²) in [6.45, 7) is 3.49. The van der Waals surface area contributed by atoms with E-state index in [1.807, 2.05) is 24.3 Å². The number of pyridine rings is 1. The van der Waals surface area contributed by atoms with Crippen LogP contribution >= 0.6 is 0 Å². The van der Waals surface area contributed by atoms with Gasteiger partial charge in [0.2, 0.25) is 0 Å². The van der Waals surface area contributed by atoms with Crippen LogP contribution in [0.4, 0.5) is 11.4 Å². The predicted molar refractivity (Wildman–Crippen MR) is 104 cm³/mol. The van der Waals surface area contributed by atoms with Gasteiger partial charge < -0.3 is 11.5 Å². The zero-order chi connectivity index (χ0) is 17.2. The monoisotopic (exact) mass is 332 g/mol. The van der Waals surface area contributed by atoms with Gasteiger partial charge in [-0.1, -0.05) is 42.5 Å². The molecule has 0 bridgehead atoms. The van der Waals surface area contributed by atoms with Gasteiger partial charge in [0.1, 0.15) is 0 Å². The Morgan fingerprint density at radius 3 is 2.28 bits per heavy atom. The molecule has 4 rings (SSSR count). The van der Waals surface area contributed by atoms with Crippen LogP contribution in [0.1, 0.15) is 29.7 Å². The number of aromatic nitrogens is 1. The van der Waals surface area contributed by atoms with Crippen LogP contribution in [0.5, 0.6) is 0 Å². The average Bonchev–Trinajstić information content (AvgIpc) is 3.14. The van der Waals surface area contributed by atoms with Crippen molar-refractivity contribution in [3.05, 3.63) is 65.4 Å². The second-order valence-corrected chi connectivity index (χ2v) is 6.88. The number of anilines is 2. The maximum absolute atomic E-state index is 6.24. The first kappa shape index (κ1) is 15.9. The molecule has 128 valence electrons. The Kier molecular flexibility index (Phi) is 4.28. The normalized spacial score (nSPS) is 15.0. The SMILES string of the molecule is Nc1c(Cc2ccc(CN3CCCC3)cc2)nc2ccccc2c1N. The van der Waals surface area contributed by atoms with Crippen LogP contribution < -0.4 is 11.5 Å². The van der Waals surface area contributed by atoms with Gasteiger partial charge in [-0.05, 0) is 43.1 Å². The minimum atomic E-state index is 0.597. The quantitative estimate of drug-likeness (QED) is 0.766. The fraction of sp³-hybridized carbons (Fsp3) is 0.286. The Hall–Kier alpha value is -2.59. The zero-order valence-corrected chi connectivity index (χ0v) is 14.4. The first-order valence-electron chi connectivity index (χ1n) is 8.93. The number of nitrogen functional groups attached to an aromatic ring is 2. The van der Waals surface area contributed by atoms with Crippen molar-refractivity contribution in [2.24, 2.45) is 0 Å². The van der Waals surface area contributed by atoms with Gasteiger partial charge in [0.25, 0.3) is 0 Å². The third-order valence-electron chi connectivity index (χ3n) is 5.05. The van der Waals surface area contributed by atoms with E-state index in [1.165, 1.54) is 37.1 Å². The van der Waals surface area contributed by atoms with Crippen LogP contribution in [0.2, 0.25) is 0 Å². The van der Waals surface area contributed by atoms with E-state index in [0.717, 1.165) is 23.1 Å². The maximum Gasteiger partial charge on any atom is 0.0777 e. The molecular formula is C21H24N4. The van der Waals surface area contributed by atoms with Crippen molar-refractivity contribution in [1.82, 2.24) is 9.88 Å². The van der Waals surface area contributed by atoms with Crippen LogP contribution in [0, 0.1) is 0 Å². The summed E-state index contributed by atoms with van der Waals surface area (Å²) >= 11 is 0. The first-order chi connectivity index (χ1) is 12.2. The van der Waals surface area contributed by atoms with Crippen molar-refractivity contribution < 1.29 is 0 Å². The molecule has 4 heteroatoms. The third kappa shape index (κ3) is 3.30. The van der Waals surface area contributed by atoms with Gasteiger partial charge in [-0.25, -0.2) is 0 Å². The van der Waals surface area contributed by atoms with E-state index in [0.29, 0.717) is 17.8 Å². The van der Waals surface area contributed by atoms with Crippen molar-refractivity contribution in [2.45, 2.75) is 25.8 Å². The fourth-order valence-electron chi connectivity index (χ4n) is 3.59. The maximum atomic E-state index is 6.24. The molecule has 3 aromatic rings. The van der Waals surface area contributed by atoms with Crippen LogP contribution in [0.3, 0.4) is 0 Å². The molecule has 2 heterocycles. The number of fused-ring (bicyclic) bond motifs is 1. The number of nitrogens with zero attached hydrogens (tertiary/aromatic N) is 2. The molecule has 0 atom stereocenters. The molecular weight excluding hydrogens is 308 g/mol. The Balaban J connectivity index is 1.55. The minimum absolute atomic E-state index is 0.597. The molecule has 0 unspecified atom stereocenters. The average molecular weight is 332 g/mol. The van der Waals surface area contributed by atoms with E-state index >= 15 is 0 Å². The van der Waals surface area contributed by atoms with Gasteiger partial charge in [0.15, 0.2) is 0 Å². The summed E-state index contributed by atoms with van der Waals surface area (Å²) in [5.41, 5.74) is 18.0. The molecule has 0 saturated carbocycles. The molecule has 1 saturated heterocycles. The summed E-state index contributed by atoms with van der Waals surface area (Å²) in [6.07, 6.45) is 3.35. The smallest absolute Gasteiger partial charge is 0.0777 e. The molecule has 0 aliphatic carbocycles. The molecule has 4 nitrogen and oxygen atoms in total. The van der Waals surface area contributed by atoms with Crippen molar-refractivity contribution in [2.75, 3.05) is 24.6 Å². The summed E-state index contributed by atoms with van der Waals surface area (Å²) in [5, 5.41) is 0.921. The Morgan fingerprint density at radius 1 is 0.840 bits per heavy atom. The number of likely N-dealkylation sites (tertiary alicyclic amines) is 1. The molecule has 1 aliphatic rings. The van der Waals surface area contributed by atoms with Gasteiger partial charge in [-0.15, -0.1) is 0 Å². The minimum Gasteiger partial charge on any atom is -0.396 e. The van der Waals surface area contributed by atoms with Crippen LogP contribution in [0.25, 0.3) is 10.9 Å². The summed E-state index contributed by atoms with van der Waals surface area (Å²) in [6, 6.07) is 16.7. The van der Waals surface area contributed by atoms with Gasteiger partial charge >= 0.3 is 0 Å². The molecule has 0 radical (unpaired) electrons. The third-order valence-corrected chi connectivity index (χ3v) is 5.05. The summed E-state index contributed by atoms with van der Waals surface area (Å²) in [5.74, 6) is 0. The fourth-order valence-corrected chi connectivity index (χ4v) is 3.59. The van der Waals surface area contributed by atoms with Crippen molar-refractivity contribution in [3.63, 3.8) is 0 Å². The number of rotatable bonds is 4. The molecule has 0 spiro atoms. The highest BCUT2D eigenvalue weighted by molar-refractivity contribution is 5.96. The lowest BCUT2D eigenvalue weighted by Crippen LogP contribution is -2.18. The number of benzene rings is 2. The van der Waals surface area contributed by atoms with E-state index < -0.39 is 0 Å².